The van der Waals surface area contributed by atoms with Crippen LogP contribution in [0, 0.1) is 11.8 Å². The van der Waals surface area contributed by atoms with Crippen molar-refractivity contribution in [2.45, 2.75) is 38.1 Å². The molecule has 58 valence electrons. The summed E-state index contributed by atoms with van der Waals surface area (Å²) in [5, 5.41) is 0. The van der Waals surface area contributed by atoms with Crippen molar-refractivity contribution in [3.8, 4) is 0 Å². The standard InChI is InChI=1S/C8H16N2/c9-10-8-4-6-1-2-7(3-6)5-8/h6-8,10H,1-5,9H2/t6-,7?,8+/m0/s1. The Bertz CT molecular complexity index is 112. The second-order valence-electron chi connectivity index (χ2n) is 3.88. The first kappa shape index (κ1) is 6.62. The third kappa shape index (κ3) is 1.06. The van der Waals surface area contributed by atoms with E-state index in [1.807, 2.05) is 0 Å². The van der Waals surface area contributed by atoms with Crippen LogP contribution >= 0.6 is 0 Å². The van der Waals surface area contributed by atoms with E-state index in [1.165, 1.54) is 32.1 Å². The van der Waals surface area contributed by atoms with Crippen LogP contribution in [0.25, 0.3) is 0 Å². The molecule has 2 nitrogen and oxygen atoms in total. The summed E-state index contributed by atoms with van der Waals surface area (Å²) < 4.78 is 0. The van der Waals surface area contributed by atoms with Crippen LogP contribution in [0.5, 0.6) is 0 Å². The molecule has 10 heavy (non-hydrogen) atoms. The minimum atomic E-state index is 0.631. The molecule has 0 aromatic heterocycles. The number of hydrogen-bond acceptors (Lipinski definition) is 2. The van der Waals surface area contributed by atoms with E-state index >= 15 is 0 Å². The molecular formula is C8H16N2. The maximum atomic E-state index is 5.41. The van der Waals surface area contributed by atoms with E-state index in [9.17, 15) is 0 Å². The van der Waals surface area contributed by atoms with E-state index < -0.39 is 0 Å². The Balaban J connectivity index is 1.96. The maximum Gasteiger partial charge on any atom is 0.0215 e. The highest BCUT2D eigenvalue weighted by molar-refractivity contribution is 4.87. The van der Waals surface area contributed by atoms with Gasteiger partial charge in [0.05, 0.1) is 0 Å². The molecule has 3 atom stereocenters. The lowest BCUT2D eigenvalue weighted by molar-refractivity contribution is 0.283. The topological polar surface area (TPSA) is 38.0 Å². The van der Waals surface area contributed by atoms with Crippen LogP contribution in [-0.4, -0.2) is 6.04 Å². The number of fused-ring (bicyclic) bond motifs is 2. The first-order valence-electron chi connectivity index (χ1n) is 4.34. The van der Waals surface area contributed by atoms with Crippen molar-refractivity contribution in [3.05, 3.63) is 0 Å². The number of rotatable bonds is 1. The predicted molar refractivity (Wildman–Crippen MR) is 41.2 cm³/mol. The minimum absolute atomic E-state index is 0.631. The lowest BCUT2D eigenvalue weighted by Crippen LogP contribution is -2.39. The van der Waals surface area contributed by atoms with Crippen molar-refractivity contribution >= 4 is 0 Å². The lowest BCUT2D eigenvalue weighted by atomic mass is 9.86. The monoisotopic (exact) mass is 140 g/mol. The van der Waals surface area contributed by atoms with Gasteiger partial charge < -0.3 is 0 Å². The fourth-order valence-corrected chi connectivity index (χ4v) is 2.64. The summed E-state index contributed by atoms with van der Waals surface area (Å²) in [6, 6.07) is 0.631. The van der Waals surface area contributed by atoms with E-state index in [2.05, 4.69) is 5.43 Å². The van der Waals surface area contributed by atoms with Gasteiger partial charge >= 0.3 is 0 Å². The van der Waals surface area contributed by atoms with Crippen LogP contribution in [0.2, 0.25) is 0 Å². The molecule has 0 spiro atoms. The van der Waals surface area contributed by atoms with Crippen molar-refractivity contribution in [1.29, 1.82) is 0 Å². The third-order valence-electron chi connectivity index (χ3n) is 3.12. The van der Waals surface area contributed by atoms with Gasteiger partial charge in [0.2, 0.25) is 0 Å². The molecule has 0 radical (unpaired) electrons. The van der Waals surface area contributed by atoms with Crippen molar-refractivity contribution in [3.63, 3.8) is 0 Å². The second kappa shape index (κ2) is 2.51. The third-order valence-corrected chi connectivity index (χ3v) is 3.12. The Hall–Kier alpha value is -0.0800. The zero-order valence-electron chi connectivity index (χ0n) is 6.34. The number of hydrogen-bond donors (Lipinski definition) is 2. The first-order chi connectivity index (χ1) is 4.88. The molecular weight excluding hydrogens is 124 g/mol. The Morgan fingerprint density at radius 2 is 1.60 bits per heavy atom. The molecule has 0 heterocycles. The van der Waals surface area contributed by atoms with E-state index in [0.717, 1.165) is 11.8 Å². The Morgan fingerprint density at radius 3 is 2.10 bits per heavy atom. The van der Waals surface area contributed by atoms with Crippen molar-refractivity contribution in [1.82, 2.24) is 5.43 Å². The van der Waals surface area contributed by atoms with Crippen molar-refractivity contribution in [2.75, 3.05) is 0 Å². The minimum Gasteiger partial charge on any atom is -0.271 e. The van der Waals surface area contributed by atoms with Crippen LogP contribution in [-0.2, 0) is 0 Å². The lowest BCUT2D eigenvalue weighted by Gasteiger charge is -2.26. The average molecular weight is 140 g/mol. The van der Waals surface area contributed by atoms with Gasteiger partial charge in [-0.1, -0.05) is 12.8 Å². The molecule has 2 bridgehead atoms. The van der Waals surface area contributed by atoms with Crippen LogP contribution < -0.4 is 11.3 Å². The largest absolute Gasteiger partial charge is 0.271 e. The summed E-state index contributed by atoms with van der Waals surface area (Å²) in [6.07, 6.45) is 7.06. The quantitative estimate of drug-likeness (QED) is 0.421. The summed E-state index contributed by atoms with van der Waals surface area (Å²) in [7, 11) is 0. The molecule has 0 amide bonds. The van der Waals surface area contributed by atoms with Gasteiger partial charge in [-0.2, -0.15) is 0 Å². The SMILES string of the molecule is NN[C@H]1CC2CC[C@@H](C2)C1. The molecule has 0 aromatic rings. The molecule has 1 unspecified atom stereocenters. The Kier molecular flexibility index (Phi) is 1.66. The predicted octanol–water partition coefficient (Wildman–Crippen LogP) is 1.03. The highest BCUT2D eigenvalue weighted by Gasteiger charge is 2.33. The highest BCUT2D eigenvalue weighted by atomic mass is 15.2. The van der Waals surface area contributed by atoms with E-state index in [4.69, 9.17) is 5.84 Å². The number of nitrogens with one attached hydrogen (secondary N) is 1. The van der Waals surface area contributed by atoms with Gasteiger partial charge in [0, 0.05) is 6.04 Å². The van der Waals surface area contributed by atoms with E-state index in [-0.39, 0.29) is 0 Å². The zero-order valence-corrected chi connectivity index (χ0v) is 6.34. The van der Waals surface area contributed by atoms with Crippen molar-refractivity contribution in [2.24, 2.45) is 17.7 Å². The van der Waals surface area contributed by atoms with Gasteiger partial charge in [-0.3, -0.25) is 11.3 Å². The molecule has 2 saturated carbocycles. The number of hydrazine groups is 1. The normalized spacial score (nSPS) is 45.9. The fraction of sp³-hybridized carbons (Fsp3) is 1.00. The molecule has 2 rings (SSSR count). The van der Waals surface area contributed by atoms with Gasteiger partial charge in [-0.05, 0) is 31.1 Å². The van der Waals surface area contributed by atoms with Gasteiger partial charge in [0.25, 0.3) is 0 Å². The molecule has 2 aliphatic rings. The second-order valence-corrected chi connectivity index (χ2v) is 3.88. The van der Waals surface area contributed by atoms with Gasteiger partial charge in [-0.15, -0.1) is 0 Å². The summed E-state index contributed by atoms with van der Waals surface area (Å²) >= 11 is 0. The molecule has 0 saturated heterocycles. The fourth-order valence-electron chi connectivity index (χ4n) is 2.64. The highest BCUT2D eigenvalue weighted by Crippen LogP contribution is 2.41. The van der Waals surface area contributed by atoms with Crippen molar-refractivity contribution < 1.29 is 0 Å². The maximum absolute atomic E-state index is 5.41. The smallest absolute Gasteiger partial charge is 0.0215 e. The molecule has 2 fully saturated rings. The summed E-state index contributed by atoms with van der Waals surface area (Å²) in [5.41, 5.74) is 2.90. The van der Waals surface area contributed by atoms with Crippen LogP contribution in [0.1, 0.15) is 32.1 Å². The summed E-state index contributed by atoms with van der Waals surface area (Å²) in [4.78, 5) is 0. The molecule has 0 aliphatic heterocycles. The van der Waals surface area contributed by atoms with Gasteiger partial charge in [0.1, 0.15) is 0 Å². The van der Waals surface area contributed by atoms with Crippen LogP contribution in [0.15, 0.2) is 0 Å². The van der Waals surface area contributed by atoms with E-state index in [0.29, 0.717) is 6.04 Å². The molecule has 2 heteroatoms. The molecule has 3 N–H and O–H groups in total. The average Bonchev–Trinajstić information content (AvgIpc) is 2.30. The van der Waals surface area contributed by atoms with Gasteiger partial charge in [-0.25, -0.2) is 0 Å². The van der Waals surface area contributed by atoms with Crippen LogP contribution in [0.3, 0.4) is 0 Å². The first-order valence-corrected chi connectivity index (χ1v) is 4.34. The summed E-state index contributed by atoms with van der Waals surface area (Å²) in [5.74, 6) is 7.41. The zero-order chi connectivity index (χ0) is 6.97. The Labute approximate surface area is 62.1 Å². The molecule has 2 aliphatic carbocycles. The number of nitrogens with two attached hydrogens (primary N) is 1. The van der Waals surface area contributed by atoms with Gasteiger partial charge in [0.15, 0.2) is 0 Å². The molecule has 0 aromatic carbocycles. The Morgan fingerprint density at radius 1 is 1.00 bits per heavy atom. The van der Waals surface area contributed by atoms with E-state index in [1.54, 1.807) is 0 Å². The van der Waals surface area contributed by atoms with Crippen LogP contribution in [0.4, 0.5) is 0 Å². The summed E-state index contributed by atoms with van der Waals surface area (Å²) in [6.45, 7) is 0.